The smallest absolute Gasteiger partial charge is 0.343 e. The van der Waals surface area contributed by atoms with Crippen LogP contribution in [-0.2, 0) is 33.8 Å². The van der Waals surface area contributed by atoms with Gasteiger partial charge in [0.15, 0.2) is 6.61 Å². The molecule has 0 atom stereocenters. The average molecular weight is 493 g/mol. The number of esters is 2. The zero-order valence-corrected chi connectivity index (χ0v) is 20.7. The molecule has 0 fully saturated rings. The number of hydrogen-bond acceptors (Lipinski definition) is 8. The lowest BCUT2D eigenvalue weighted by Gasteiger charge is -2.27. The second-order valence-electron chi connectivity index (χ2n) is 8.05. The Labute approximate surface area is 209 Å². The van der Waals surface area contributed by atoms with Crippen LogP contribution in [0.1, 0.15) is 38.8 Å². The van der Waals surface area contributed by atoms with Gasteiger partial charge < -0.3 is 14.2 Å². The molecule has 0 unspecified atom stereocenters. The van der Waals surface area contributed by atoms with Crippen molar-refractivity contribution in [1.29, 1.82) is 0 Å². The van der Waals surface area contributed by atoms with E-state index in [1.807, 2.05) is 18.2 Å². The molecule has 0 bridgehead atoms. The summed E-state index contributed by atoms with van der Waals surface area (Å²) in [6, 6.07) is 17.6. The maximum atomic E-state index is 12.8. The zero-order chi connectivity index (χ0) is 24.6. The Kier molecular flexibility index (Phi) is 8.28. The van der Waals surface area contributed by atoms with E-state index < -0.39 is 5.97 Å². The summed E-state index contributed by atoms with van der Waals surface area (Å²) in [5.41, 5.74) is 3.67. The highest BCUT2D eigenvalue weighted by atomic mass is 32.1. The molecule has 8 heteroatoms. The van der Waals surface area contributed by atoms with E-state index >= 15 is 0 Å². The van der Waals surface area contributed by atoms with Crippen molar-refractivity contribution in [3.05, 3.63) is 81.7 Å². The summed E-state index contributed by atoms with van der Waals surface area (Å²) in [6.07, 6.45) is 2.48. The number of nitrogens with zero attached hydrogens (tertiary/aromatic N) is 2. The number of methoxy groups -OCH3 is 1. The molecular weight excluding hydrogens is 464 g/mol. The van der Waals surface area contributed by atoms with Crippen molar-refractivity contribution in [2.45, 2.75) is 26.4 Å². The van der Waals surface area contributed by atoms with Crippen molar-refractivity contribution in [3.63, 3.8) is 0 Å². The molecule has 1 aliphatic rings. The number of aliphatic imine (C=N–C) groups is 1. The molecule has 7 nitrogen and oxygen atoms in total. The Hall–Kier alpha value is -3.49. The Morgan fingerprint density at radius 3 is 2.74 bits per heavy atom. The van der Waals surface area contributed by atoms with Crippen LogP contribution in [0.4, 0.5) is 5.00 Å². The predicted octanol–water partition coefficient (Wildman–Crippen LogP) is 4.79. The number of carbonyl (C=O) groups excluding carboxylic acids is 2. The minimum absolute atomic E-state index is 0.165. The topological polar surface area (TPSA) is 77.4 Å². The quantitative estimate of drug-likeness (QED) is 0.316. The van der Waals surface area contributed by atoms with Gasteiger partial charge in [0.1, 0.15) is 10.8 Å². The van der Waals surface area contributed by atoms with Crippen LogP contribution in [0.2, 0.25) is 0 Å². The van der Waals surface area contributed by atoms with Crippen LogP contribution in [0, 0.1) is 0 Å². The molecule has 4 rings (SSSR count). The molecule has 1 aromatic heterocycles. The molecule has 0 saturated heterocycles. The lowest BCUT2D eigenvalue weighted by atomic mass is 10.0. The summed E-state index contributed by atoms with van der Waals surface area (Å²) in [4.78, 5) is 32.4. The molecule has 0 radical (unpaired) electrons. The van der Waals surface area contributed by atoms with Crippen molar-refractivity contribution in [3.8, 4) is 5.75 Å². The number of carbonyl (C=O) groups is 2. The SMILES string of the molecule is CCOC(=O)c1c(N=Cc2cccc(OCC(=O)OC)c2)sc2c1CCN(Cc1ccccc1)C2. The van der Waals surface area contributed by atoms with E-state index in [0.29, 0.717) is 22.9 Å². The number of ether oxygens (including phenoxy) is 3. The first-order valence-electron chi connectivity index (χ1n) is 11.5. The van der Waals surface area contributed by atoms with Gasteiger partial charge in [-0.2, -0.15) is 0 Å². The first-order valence-corrected chi connectivity index (χ1v) is 12.3. The summed E-state index contributed by atoms with van der Waals surface area (Å²) in [5.74, 6) is -0.246. The third kappa shape index (κ3) is 6.35. The molecule has 2 heterocycles. The van der Waals surface area contributed by atoms with Gasteiger partial charge in [0, 0.05) is 30.7 Å². The van der Waals surface area contributed by atoms with Crippen LogP contribution < -0.4 is 4.74 Å². The van der Waals surface area contributed by atoms with Gasteiger partial charge in [-0.05, 0) is 42.2 Å². The lowest BCUT2D eigenvalue weighted by Crippen LogP contribution is -2.29. The lowest BCUT2D eigenvalue weighted by molar-refractivity contribution is -0.142. The van der Waals surface area contributed by atoms with Gasteiger partial charge in [-0.3, -0.25) is 4.90 Å². The van der Waals surface area contributed by atoms with Crippen molar-refractivity contribution in [2.24, 2.45) is 4.99 Å². The van der Waals surface area contributed by atoms with Gasteiger partial charge in [0.25, 0.3) is 0 Å². The summed E-state index contributed by atoms with van der Waals surface area (Å²) in [7, 11) is 1.32. The molecule has 1 aliphatic heterocycles. The Morgan fingerprint density at radius 1 is 1.14 bits per heavy atom. The molecule has 0 amide bonds. The number of fused-ring (bicyclic) bond motifs is 1. The molecule has 3 aromatic rings. The third-order valence-electron chi connectivity index (χ3n) is 5.62. The molecule has 2 aromatic carbocycles. The summed E-state index contributed by atoms with van der Waals surface area (Å²) < 4.78 is 15.4. The fraction of sp³-hybridized carbons (Fsp3) is 0.296. The average Bonchev–Trinajstić information content (AvgIpc) is 3.24. The Balaban J connectivity index is 1.55. The zero-order valence-electron chi connectivity index (χ0n) is 19.9. The van der Waals surface area contributed by atoms with E-state index in [1.54, 1.807) is 25.3 Å². The second-order valence-corrected chi connectivity index (χ2v) is 9.13. The summed E-state index contributed by atoms with van der Waals surface area (Å²) in [5, 5.41) is 0.649. The van der Waals surface area contributed by atoms with Crippen LogP contribution in [0.3, 0.4) is 0 Å². The number of benzene rings is 2. The van der Waals surface area contributed by atoms with Crippen molar-refractivity contribution in [2.75, 3.05) is 26.9 Å². The van der Waals surface area contributed by atoms with Crippen molar-refractivity contribution >= 4 is 34.5 Å². The summed E-state index contributed by atoms with van der Waals surface area (Å²) in [6.45, 7) is 4.46. The van der Waals surface area contributed by atoms with Gasteiger partial charge in [-0.25, -0.2) is 14.6 Å². The van der Waals surface area contributed by atoms with E-state index in [1.165, 1.54) is 24.0 Å². The molecule has 0 spiro atoms. The van der Waals surface area contributed by atoms with E-state index in [0.717, 1.165) is 42.1 Å². The van der Waals surface area contributed by atoms with E-state index in [-0.39, 0.29) is 12.6 Å². The molecule has 182 valence electrons. The highest BCUT2D eigenvalue weighted by Gasteiger charge is 2.28. The van der Waals surface area contributed by atoms with Gasteiger partial charge in [0.2, 0.25) is 0 Å². The van der Waals surface area contributed by atoms with Crippen LogP contribution in [0.25, 0.3) is 0 Å². The first kappa shape index (κ1) is 24.6. The minimum Gasteiger partial charge on any atom is -0.482 e. The molecular formula is C27H28N2O5S. The molecule has 0 aliphatic carbocycles. The van der Waals surface area contributed by atoms with Gasteiger partial charge in [-0.1, -0.05) is 42.5 Å². The normalized spacial score (nSPS) is 13.4. The van der Waals surface area contributed by atoms with E-state index in [9.17, 15) is 9.59 Å². The van der Waals surface area contributed by atoms with E-state index in [2.05, 4.69) is 38.9 Å². The fourth-order valence-corrected chi connectivity index (χ4v) is 5.16. The largest absolute Gasteiger partial charge is 0.482 e. The van der Waals surface area contributed by atoms with Crippen LogP contribution in [0.5, 0.6) is 5.75 Å². The monoisotopic (exact) mass is 492 g/mol. The Morgan fingerprint density at radius 2 is 1.97 bits per heavy atom. The maximum Gasteiger partial charge on any atom is 0.343 e. The van der Waals surface area contributed by atoms with Crippen molar-refractivity contribution in [1.82, 2.24) is 4.90 Å². The third-order valence-corrected chi connectivity index (χ3v) is 6.74. The second kappa shape index (κ2) is 11.8. The van der Waals surface area contributed by atoms with E-state index in [4.69, 9.17) is 9.47 Å². The van der Waals surface area contributed by atoms with Gasteiger partial charge >= 0.3 is 11.9 Å². The van der Waals surface area contributed by atoms with Crippen LogP contribution >= 0.6 is 11.3 Å². The van der Waals surface area contributed by atoms with Gasteiger partial charge in [-0.15, -0.1) is 11.3 Å². The summed E-state index contributed by atoms with van der Waals surface area (Å²) >= 11 is 1.54. The maximum absolute atomic E-state index is 12.8. The first-order chi connectivity index (χ1) is 17.1. The predicted molar refractivity (Wildman–Crippen MR) is 136 cm³/mol. The minimum atomic E-state index is -0.450. The highest BCUT2D eigenvalue weighted by Crippen LogP contribution is 2.39. The molecule has 0 saturated carbocycles. The standard InChI is InChI=1S/C27H28N2O5S/c1-3-33-27(31)25-22-12-13-29(16-19-8-5-4-6-9-19)17-23(22)35-26(25)28-15-20-10-7-11-21(14-20)34-18-24(30)32-2/h4-11,14-15H,3,12-13,16-18H2,1-2H3. The fourth-order valence-electron chi connectivity index (χ4n) is 3.94. The highest BCUT2D eigenvalue weighted by molar-refractivity contribution is 7.16. The number of rotatable bonds is 9. The van der Waals surface area contributed by atoms with Crippen LogP contribution in [-0.4, -0.2) is 49.9 Å². The van der Waals surface area contributed by atoms with Crippen molar-refractivity contribution < 1.29 is 23.8 Å². The van der Waals surface area contributed by atoms with Crippen LogP contribution in [0.15, 0.2) is 59.6 Å². The number of thiophene rings is 1. The molecule has 0 N–H and O–H groups in total. The number of hydrogen-bond donors (Lipinski definition) is 0. The molecule has 35 heavy (non-hydrogen) atoms. The van der Waals surface area contributed by atoms with Gasteiger partial charge in [0.05, 0.1) is 19.3 Å². The Bertz CT molecular complexity index is 1210.